The Balaban J connectivity index is 2.16. The van der Waals surface area contributed by atoms with Crippen molar-refractivity contribution < 1.29 is 9.72 Å². The molecule has 0 saturated heterocycles. The maximum atomic E-state index is 12.2. The van der Waals surface area contributed by atoms with E-state index in [1.165, 1.54) is 24.3 Å². The minimum absolute atomic E-state index is 0.0129. The van der Waals surface area contributed by atoms with E-state index in [-0.39, 0.29) is 11.6 Å². The normalized spacial score (nSPS) is 9.95. The van der Waals surface area contributed by atoms with Gasteiger partial charge in [0.05, 0.1) is 10.5 Å². The average Bonchev–Trinajstić information content (AvgIpc) is 2.48. The van der Waals surface area contributed by atoms with E-state index in [0.717, 1.165) is 5.69 Å². The number of carbonyl (C=O) groups excluding carboxylic acids is 1. The van der Waals surface area contributed by atoms with E-state index in [0.29, 0.717) is 17.8 Å². The van der Waals surface area contributed by atoms with E-state index in [1.54, 1.807) is 12.1 Å². The molecule has 0 aliphatic heterocycles. The van der Waals surface area contributed by atoms with Gasteiger partial charge in [-0.05, 0) is 31.2 Å². The fourth-order valence-corrected chi connectivity index (χ4v) is 1.89. The van der Waals surface area contributed by atoms with Gasteiger partial charge >= 0.3 is 0 Å². The second-order valence-electron chi connectivity index (χ2n) is 4.33. The fraction of sp³-hybridized carbons (Fsp3) is 0.133. The Morgan fingerprint density at radius 2 is 1.81 bits per heavy atom. The van der Waals surface area contributed by atoms with Crippen LogP contribution in [0, 0.1) is 10.1 Å². The largest absolute Gasteiger partial charge is 0.385 e. The molecule has 0 atom stereocenters. The summed E-state index contributed by atoms with van der Waals surface area (Å²) in [6.45, 7) is 2.66. The topological polar surface area (TPSA) is 84.3 Å². The molecule has 6 nitrogen and oxygen atoms in total. The number of benzene rings is 2. The zero-order chi connectivity index (χ0) is 15.2. The number of para-hydroxylation sites is 1. The van der Waals surface area contributed by atoms with Crippen LogP contribution in [0.1, 0.15) is 17.3 Å². The number of rotatable bonds is 5. The summed E-state index contributed by atoms with van der Waals surface area (Å²) >= 11 is 0. The Hall–Kier alpha value is -2.89. The third-order valence-corrected chi connectivity index (χ3v) is 2.87. The van der Waals surface area contributed by atoms with E-state index in [2.05, 4.69) is 10.6 Å². The number of nitrogens with zero attached hydrogens (tertiary/aromatic N) is 1. The minimum atomic E-state index is -0.480. The van der Waals surface area contributed by atoms with E-state index >= 15 is 0 Å². The van der Waals surface area contributed by atoms with Gasteiger partial charge in [0.1, 0.15) is 0 Å². The highest BCUT2D eigenvalue weighted by Crippen LogP contribution is 2.19. The zero-order valence-electron chi connectivity index (χ0n) is 11.5. The molecule has 0 unspecified atom stereocenters. The molecule has 2 aromatic rings. The molecule has 1 amide bonds. The van der Waals surface area contributed by atoms with Crippen molar-refractivity contribution >= 4 is 23.0 Å². The first-order valence-corrected chi connectivity index (χ1v) is 6.50. The molecule has 0 aromatic heterocycles. The van der Waals surface area contributed by atoms with E-state index in [1.807, 2.05) is 19.1 Å². The van der Waals surface area contributed by atoms with Gasteiger partial charge in [-0.3, -0.25) is 14.9 Å². The maximum Gasteiger partial charge on any atom is 0.269 e. The first-order chi connectivity index (χ1) is 10.1. The van der Waals surface area contributed by atoms with Crippen LogP contribution >= 0.6 is 0 Å². The first-order valence-electron chi connectivity index (χ1n) is 6.50. The van der Waals surface area contributed by atoms with Crippen molar-refractivity contribution in [2.75, 3.05) is 17.2 Å². The number of nitro groups is 1. The van der Waals surface area contributed by atoms with Gasteiger partial charge in [-0.25, -0.2) is 0 Å². The van der Waals surface area contributed by atoms with Crippen molar-refractivity contribution in [3.63, 3.8) is 0 Å². The molecule has 2 aromatic carbocycles. The van der Waals surface area contributed by atoms with Crippen LogP contribution < -0.4 is 10.6 Å². The van der Waals surface area contributed by atoms with Crippen molar-refractivity contribution in [1.29, 1.82) is 0 Å². The predicted octanol–water partition coefficient (Wildman–Crippen LogP) is 3.28. The SMILES string of the molecule is CCNc1ccccc1C(=O)Nc1ccc([N+](=O)[O-])cc1. The average molecular weight is 285 g/mol. The number of carbonyl (C=O) groups is 1. The van der Waals surface area contributed by atoms with Crippen molar-refractivity contribution in [2.45, 2.75) is 6.92 Å². The second kappa shape index (κ2) is 6.51. The quantitative estimate of drug-likeness (QED) is 0.652. The summed E-state index contributed by atoms with van der Waals surface area (Å²) in [6, 6.07) is 12.9. The number of hydrogen-bond acceptors (Lipinski definition) is 4. The standard InChI is InChI=1S/C15H15N3O3/c1-2-16-14-6-4-3-5-13(14)15(19)17-11-7-9-12(10-8-11)18(20)21/h3-10,16H,2H2,1H3,(H,17,19). The van der Waals surface area contributed by atoms with Gasteiger partial charge in [-0.1, -0.05) is 12.1 Å². The molecular formula is C15H15N3O3. The van der Waals surface area contributed by atoms with Crippen LogP contribution in [0.3, 0.4) is 0 Å². The molecule has 0 saturated carbocycles. The van der Waals surface area contributed by atoms with Gasteiger partial charge in [0.25, 0.3) is 11.6 Å². The summed E-state index contributed by atoms with van der Waals surface area (Å²) in [5.41, 5.74) is 1.77. The molecule has 0 heterocycles. The Morgan fingerprint density at radius 3 is 2.43 bits per heavy atom. The van der Waals surface area contributed by atoms with Crippen LogP contribution in [0.15, 0.2) is 48.5 Å². The summed E-state index contributed by atoms with van der Waals surface area (Å²) in [4.78, 5) is 22.3. The maximum absolute atomic E-state index is 12.2. The van der Waals surface area contributed by atoms with Gasteiger partial charge in [0.2, 0.25) is 0 Å². The van der Waals surface area contributed by atoms with Gasteiger partial charge in [0, 0.05) is 30.1 Å². The van der Waals surface area contributed by atoms with E-state index in [4.69, 9.17) is 0 Å². The van der Waals surface area contributed by atoms with Crippen molar-refractivity contribution in [3.05, 3.63) is 64.2 Å². The molecule has 0 bridgehead atoms. The molecule has 2 N–H and O–H groups in total. The third-order valence-electron chi connectivity index (χ3n) is 2.87. The minimum Gasteiger partial charge on any atom is -0.385 e. The Kier molecular flexibility index (Phi) is 4.50. The summed E-state index contributed by atoms with van der Waals surface area (Å²) in [6.07, 6.45) is 0. The van der Waals surface area contributed by atoms with Crippen LogP contribution in [0.5, 0.6) is 0 Å². The lowest BCUT2D eigenvalue weighted by Gasteiger charge is -2.10. The number of anilines is 2. The van der Waals surface area contributed by atoms with E-state index in [9.17, 15) is 14.9 Å². The molecular weight excluding hydrogens is 270 g/mol. The molecule has 0 fully saturated rings. The highest BCUT2D eigenvalue weighted by atomic mass is 16.6. The van der Waals surface area contributed by atoms with Gasteiger partial charge in [0.15, 0.2) is 0 Å². The number of non-ortho nitro benzene ring substituents is 1. The van der Waals surface area contributed by atoms with Crippen LogP contribution in [0.2, 0.25) is 0 Å². The van der Waals surface area contributed by atoms with Crippen molar-refractivity contribution in [1.82, 2.24) is 0 Å². The molecule has 0 aliphatic rings. The first kappa shape index (κ1) is 14.5. The summed E-state index contributed by atoms with van der Waals surface area (Å²) < 4.78 is 0. The Labute approximate surface area is 121 Å². The Morgan fingerprint density at radius 1 is 1.14 bits per heavy atom. The summed E-state index contributed by atoms with van der Waals surface area (Å²) in [5.74, 6) is -0.264. The van der Waals surface area contributed by atoms with Crippen molar-refractivity contribution in [2.24, 2.45) is 0 Å². The molecule has 21 heavy (non-hydrogen) atoms. The highest BCUT2D eigenvalue weighted by molar-refractivity contribution is 6.08. The van der Waals surface area contributed by atoms with Crippen LogP contribution in [-0.4, -0.2) is 17.4 Å². The zero-order valence-corrected chi connectivity index (χ0v) is 11.5. The van der Waals surface area contributed by atoms with Gasteiger partial charge in [-0.15, -0.1) is 0 Å². The highest BCUT2D eigenvalue weighted by Gasteiger charge is 2.11. The van der Waals surface area contributed by atoms with Crippen molar-refractivity contribution in [3.8, 4) is 0 Å². The lowest BCUT2D eigenvalue weighted by molar-refractivity contribution is -0.384. The molecule has 0 spiro atoms. The number of nitro benzene ring substituents is 1. The predicted molar refractivity (Wildman–Crippen MR) is 81.7 cm³/mol. The molecule has 108 valence electrons. The molecule has 0 aliphatic carbocycles. The molecule has 2 rings (SSSR count). The smallest absolute Gasteiger partial charge is 0.269 e. The summed E-state index contributed by atoms with van der Waals surface area (Å²) in [5, 5.41) is 16.4. The van der Waals surface area contributed by atoms with Gasteiger partial charge in [-0.2, -0.15) is 0 Å². The monoisotopic (exact) mass is 285 g/mol. The lowest BCUT2D eigenvalue weighted by atomic mass is 10.1. The Bertz CT molecular complexity index is 653. The van der Waals surface area contributed by atoms with Crippen LogP contribution in [0.25, 0.3) is 0 Å². The van der Waals surface area contributed by atoms with Gasteiger partial charge < -0.3 is 10.6 Å². The van der Waals surface area contributed by atoms with Crippen LogP contribution in [-0.2, 0) is 0 Å². The lowest BCUT2D eigenvalue weighted by Crippen LogP contribution is -2.14. The second-order valence-corrected chi connectivity index (χ2v) is 4.33. The number of hydrogen-bond donors (Lipinski definition) is 2. The molecule has 6 heteroatoms. The van der Waals surface area contributed by atoms with Crippen LogP contribution in [0.4, 0.5) is 17.1 Å². The summed E-state index contributed by atoms with van der Waals surface area (Å²) in [7, 11) is 0. The third kappa shape index (κ3) is 3.56. The number of amides is 1. The molecule has 0 radical (unpaired) electrons. The van der Waals surface area contributed by atoms with E-state index < -0.39 is 4.92 Å². The number of nitrogens with one attached hydrogen (secondary N) is 2. The fourth-order valence-electron chi connectivity index (χ4n) is 1.89.